The highest BCUT2D eigenvalue weighted by atomic mass is 79.9. The van der Waals surface area contributed by atoms with Crippen molar-refractivity contribution in [3.05, 3.63) is 40.3 Å². The SMILES string of the molecule is Cc1[nH]c(CC(CN)CC(C)C)nc1-c1ccc(Br)cc1. The third kappa shape index (κ3) is 4.42. The lowest BCUT2D eigenvalue weighted by Crippen LogP contribution is -2.19. The molecule has 114 valence electrons. The van der Waals surface area contributed by atoms with Gasteiger partial charge in [0.2, 0.25) is 0 Å². The summed E-state index contributed by atoms with van der Waals surface area (Å²) in [4.78, 5) is 8.20. The highest BCUT2D eigenvalue weighted by Crippen LogP contribution is 2.24. The van der Waals surface area contributed by atoms with E-state index in [1.807, 2.05) is 12.1 Å². The first-order valence-electron chi connectivity index (χ1n) is 7.51. The van der Waals surface area contributed by atoms with Gasteiger partial charge in [-0.3, -0.25) is 0 Å². The van der Waals surface area contributed by atoms with Gasteiger partial charge < -0.3 is 10.7 Å². The third-order valence-corrected chi connectivity index (χ3v) is 4.20. The number of rotatable bonds is 6. The number of aromatic amines is 1. The second-order valence-corrected chi connectivity index (χ2v) is 7.02. The van der Waals surface area contributed by atoms with E-state index >= 15 is 0 Å². The maximum Gasteiger partial charge on any atom is 0.107 e. The summed E-state index contributed by atoms with van der Waals surface area (Å²) < 4.78 is 1.08. The maximum atomic E-state index is 5.89. The molecule has 0 spiro atoms. The van der Waals surface area contributed by atoms with Crippen molar-refractivity contribution >= 4 is 15.9 Å². The normalized spacial score (nSPS) is 12.9. The van der Waals surface area contributed by atoms with Gasteiger partial charge in [-0.1, -0.05) is 41.9 Å². The molecule has 0 fully saturated rings. The lowest BCUT2D eigenvalue weighted by molar-refractivity contribution is 0.409. The first-order valence-corrected chi connectivity index (χ1v) is 8.30. The van der Waals surface area contributed by atoms with Gasteiger partial charge in [0.05, 0.1) is 5.69 Å². The number of aryl methyl sites for hydroxylation is 1. The molecule has 0 amide bonds. The predicted octanol–water partition coefficient (Wildman–Crippen LogP) is 4.31. The van der Waals surface area contributed by atoms with E-state index in [-0.39, 0.29) is 0 Å². The average Bonchev–Trinajstić information content (AvgIpc) is 2.79. The molecule has 1 aromatic carbocycles. The molecule has 0 saturated heterocycles. The fraction of sp³-hybridized carbons (Fsp3) is 0.471. The summed E-state index contributed by atoms with van der Waals surface area (Å²) in [5, 5.41) is 0. The number of nitrogens with zero attached hydrogens (tertiary/aromatic N) is 1. The lowest BCUT2D eigenvalue weighted by atomic mass is 9.94. The Labute approximate surface area is 135 Å². The zero-order valence-corrected chi connectivity index (χ0v) is 14.6. The first-order chi connectivity index (χ1) is 9.99. The van der Waals surface area contributed by atoms with E-state index < -0.39 is 0 Å². The topological polar surface area (TPSA) is 54.7 Å². The molecule has 0 bridgehead atoms. The van der Waals surface area contributed by atoms with Gasteiger partial charge >= 0.3 is 0 Å². The Morgan fingerprint density at radius 3 is 2.48 bits per heavy atom. The van der Waals surface area contributed by atoms with E-state index in [1.54, 1.807) is 0 Å². The molecule has 0 aliphatic carbocycles. The van der Waals surface area contributed by atoms with Crippen LogP contribution in [-0.4, -0.2) is 16.5 Å². The van der Waals surface area contributed by atoms with E-state index in [0.717, 1.165) is 40.1 Å². The van der Waals surface area contributed by atoms with Crippen LogP contribution in [0.25, 0.3) is 11.3 Å². The molecule has 1 unspecified atom stereocenters. The predicted molar refractivity (Wildman–Crippen MR) is 92.2 cm³/mol. The van der Waals surface area contributed by atoms with Crippen molar-refractivity contribution in [1.29, 1.82) is 0 Å². The number of nitrogens with one attached hydrogen (secondary N) is 1. The van der Waals surface area contributed by atoms with Crippen molar-refractivity contribution in [2.45, 2.75) is 33.6 Å². The summed E-state index contributed by atoms with van der Waals surface area (Å²) in [6.07, 6.45) is 2.07. The number of halogens is 1. The number of hydrogen-bond donors (Lipinski definition) is 2. The lowest BCUT2D eigenvalue weighted by Gasteiger charge is -2.15. The van der Waals surface area contributed by atoms with Gasteiger partial charge in [0.15, 0.2) is 0 Å². The minimum Gasteiger partial charge on any atom is -0.346 e. The van der Waals surface area contributed by atoms with Crippen molar-refractivity contribution in [3.63, 3.8) is 0 Å². The van der Waals surface area contributed by atoms with Crippen molar-refractivity contribution in [2.24, 2.45) is 17.6 Å². The van der Waals surface area contributed by atoms with E-state index in [1.165, 1.54) is 0 Å². The molecule has 2 aromatic rings. The van der Waals surface area contributed by atoms with E-state index in [0.29, 0.717) is 18.4 Å². The molecule has 0 aliphatic rings. The molecule has 3 nitrogen and oxygen atoms in total. The Balaban J connectivity index is 2.16. The second kappa shape index (κ2) is 7.23. The zero-order chi connectivity index (χ0) is 15.4. The Morgan fingerprint density at radius 1 is 1.24 bits per heavy atom. The fourth-order valence-electron chi connectivity index (χ4n) is 2.71. The Bertz CT molecular complexity index is 572. The van der Waals surface area contributed by atoms with Gasteiger partial charge in [-0.05, 0) is 43.9 Å². The van der Waals surface area contributed by atoms with E-state index in [9.17, 15) is 0 Å². The Morgan fingerprint density at radius 2 is 1.90 bits per heavy atom. The van der Waals surface area contributed by atoms with Gasteiger partial charge in [-0.2, -0.15) is 0 Å². The van der Waals surface area contributed by atoms with Gasteiger partial charge in [0.25, 0.3) is 0 Å². The number of aromatic nitrogens is 2. The Hall–Kier alpha value is -1.13. The molecule has 1 atom stereocenters. The largest absolute Gasteiger partial charge is 0.346 e. The summed E-state index contributed by atoms with van der Waals surface area (Å²) in [7, 11) is 0. The molecule has 0 aliphatic heterocycles. The number of hydrogen-bond acceptors (Lipinski definition) is 2. The highest BCUT2D eigenvalue weighted by Gasteiger charge is 2.14. The summed E-state index contributed by atoms with van der Waals surface area (Å²) in [6, 6.07) is 8.27. The van der Waals surface area contributed by atoms with Gasteiger partial charge in [-0.25, -0.2) is 4.98 Å². The minimum atomic E-state index is 0.494. The van der Waals surface area contributed by atoms with Crippen LogP contribution in [0.15, 0.2) is 28.7 Å². The van der Waals surface area contributed by atoms with Crippen LogP contribution in [-0.2, 0) is 6.42 Å². The third-order valence-electron chi connectivity index (χ3n) is 3.67. The molecule has 21 heavy (non-hydrogen) atoms. The molecule has 1 heterocycles. The van der Waals surface area contributed by atoms with Crippen LogP contribution in [0.3, 0.4) is 0 Å². The standard InChI is InChI=1S/C17H24BrN3/c1-11(2)8-13(10-19)9-16-20-12(3)17(21-16)14-4-6-15(18)7-5-14/h4-7,11,13H,8-10,19H2,1-3H3,(H,20,21). The molecule has 0 radical (unpaired) electrons. The maximum absolute atomic E-state index is 5.89. The fourth-order valence-corrected chi connectivity index (χ4v) is 2.98. The summed E-state index contributed by atoms with van der Waals surface area (Å²) in [5.74, 6) is 2.20. The molecule has 3 N–H and O–H groups in total. The zero-order valence-electron chi connectivity index (χ0n) is 13.0. The van der Waals surface area contributed by atoms with E-state index in [4.69, 9.17) is 10.7 Å². The van der Waals surface area contributed by atoms with E-state index in [2.05, 4.69) is 53.8 Å². The molecule has 2 rings (SSSR count). The molecular weight excluding hydrogens is 326 g/mol. The van der Waals surface area contributed by atoms with Crippen LogP contribution < -0.4 is 5.73 Å². The van der Waals surface area contributed by atoms with Crippen LogP contribution in [0, 0.1) is 18.8 Å². The summed E-state index contributed by atoms with van der Waals surface area (Å²) in [6.45, 7) is 7.27. The van der Waals surface area contributed by atoms with Crippen molar-refractivity contribution in [1.82, 2.24) is 9.97 Å². The van der Waals surface area contributed by atoms with Crippen LogP contribution in [0.5, 0.6) is 0 Å². The summed E-state index contributed by atoms with van der Waals surface area (Å²) in [5.41, 5.74) is 9.20. The van der Waals surface area contributed by atoms with Crippen LogP contribution >= 0.6 is 15.9 Å². The number of H-pyrrole nitrogens is 1. The van der Waals surface area contributed by atoms with Crippen molar-refractivity contribution < 1.29 is 0 Å². The van der Waals surface area contributed by atoms with Gasteiger partial charge in [0.1, 0.15) is 5.82 Å². The van der Waals surface area contributed by atoms with Crippen molar-refractivity contribution in [3.8, 4) is 11.3 Å². The Kier molecular flexibility index (Phi) is 5.59. The number of benzene rings is 1. The summed E-state index contributed by atoms with van der Waals surface area (Å²) >= 11 is 3.46. The van der Waals surface area contributed by atoms with Gasteiger partial charge in [-0.15, -0.1) is 0 Å². The minimum absolute atomic E-state index is 0.494. The van der Waals surface area contributed by atoms with Crippen LogP contribution in [0.2, 0.25) is 0 Å². The van der Waals surface area contributed by atoms with Crippen LogP contribution in [0.1, 0.15) is 31.8 Å². The first kappa shape index (κ1) is 16.2. The molecule has 1 aromatic heterocycles. The number of imidazole rings is 1. The van der Waals surface area contributed by atoms with Gasteiger partial charge in [0, 0.05) is 22.2 Å². The van der Waals surface area contributed by atoms with Crippen LogP contribution in [0.4, 0.5) is 0 Å². The van der Waals surface area contributed by atoms with Crippen molar-refractivity contribution in [2.75, 3.05) is 6.54 Å². The molecule has 0 saturated carbocycles. The highest BCUT2D eigenvalue weighted by molar-refractivity contribution is 9.10. The monoisotopic (exact) mass is 349 g/mol. The quantitative estimate of drug-likeness (QED) is 0.816. The average molecular weight is 350 g/mol. The molecule has 4 heteroatoms. The second-order valence-electron chi connectivity index (χ2n) is 6.10. The number of nitrogens with two attached hydrogens (primary N) is 1. The smallest absolute Gasteiger partial charge is 0.107 e. The molecular formula is C17H24BrN3.